The van der Waals surface area contributed by atoms with Crippen molar-refractivity contribution in [1.82, 2.24) is 0 Å². The Morgan fingerprint density at radius 2 is 1.83 bits per heavy atom. The largest absolute Gasteiger partial charge is 0.454 e. The van der Waals surface area contributed by atoms with Crippen LogP contribution in [0.3, 0.4) is 0 Å². The van der Waals surface area contributed by atoms with Crippen molar-refractivity contribution < 1.29 is 19.2 Å². The fraction of sp³-hybridized carbons (Fsp3) is 0.364. The average Bonchev–Trinajstić information content (AvgIpc) is 2.73. The zero-order valence-electron chi connectivity index (χ0n) is 16.4. The molecule has 1 aliphatic rings. The first-order chi connectivity index (χ1) is 13.9. The Labute approximate surface area is 169 Å². The van der Waals surface area contributed by atoms with Gasteiger partial charge in [-0.3, -0.25) is 14.9 Å². The molecule has 1 heterocycles. The molecule has 0 unspecified atom stereocenters. The van der Waals surface area contributed by atoms with Crippen molar-refractivity contribution in [2.75, 3.05) is 24.6 Å². The van der Waals surface area contributed by atoms with Crippen molar-refractivity contribution in [1.29, 1.82) is 0 Å². The summed E-state index contributed by atoms with van der Waals surface area (Å²) in [4.78, 5) is 36.3. The molecule has 3 rings (SSSR count). The molecule has 0 amide bonds. The maximum Gasteiger partial charge on any atom is 0.340 e. The molecular formula is C22H24N2O5. The minimum atomic E-state index is -0.717. The van der Waals surface area contributed by atoms with E-state index in [1.807, 2.05) is 18.2 Å². The van der Waals surface area contributed by atoms with E-state index in [9.17, 15) is 19.7 Å². The van der Waals surface area contributed by atoms with Crippen LogP contribution in [-0.4, -0.2) is 36.4 Å². The highest BCUT2D eigenvalue weighted by Crippen LogP contribution is 2.31. The summed E-state index contributed by atoms with van der Waals surface area (Å²) in [6, 6.07) is 14.6. The van der Waals surface area contributed by atoms with Gasteiger partial charge in [-0.15, -0.1) is 0 Å². The van der Waals surface area contributed by atoms with Crippen LogP contribution in [0.4, 0.5) is 11.4 Å². The maximum atomic E-state index is 12.5. The number of ketones is 1. The second kappa shape index (κ2) is 9.32. The van der Waals surface area contributed by atoms with Crippen LogP contribution in [0.5, 0.6) is 0 Å². The first-order valence-electron chi connectivity index (χ1n) is 9.68. The van der Waals surface area contributed by atoms with E-state index in [2.05, 4.69) is 17.0 Å². The third-order valence-electron chi connectivity index (χ3n) is 5.14. The van der Waals surface area contributed by atoms with E-state index in [0.717, 1.165) is 32.4 Å². The quantitative estimate of drug-likeness (QED) is 0.402. The molecule has 2 aromatic rings. The Balaban J connectivity index is 1.73. The van der Waals surface area contributed by atoms with Gasteiger partial charge in [-0.25, -0.2) is 4.79 Å². The minimum Gasteiger partial charge on any atom is -0.454 e. The van der Waals surface area contributed by atoms with Crippen LogP contribution in [0.1, 0.15) is 35.7 Å². The number of anilines is 1. The molecule has 29 heavy (non-hydrogen) atoms. The summed E-state index contributed by atoms with van der Waals surface area (Å²) >= 11 is 0. The number of carbonyl (C=O) groups excluding carboxylic acids is 2. The number of nitrogens with zero attached hydrogens (tertiary/aromatic N) is 2. The number of piperidine rings is 1. The molecule has 0 radical (unpaired) electrons. The van der Waals surface area contributed by atoms with E-state index in [0.29, 0.717) is 11.6 Å². The number of Topliss-reactive ketones (excluding diaryl/α,β-unsaturated/α-hetero) is 1. The Hall–Kier alpha value is -3.22. The number of carbonyl (C=O) groups is 2. The lowest BCUT2D eigenvalue weighted by atomic mass is 9.90. The normalized spacial score (nSPS) is 14.4. The fourth-order valence-corrected chi connectivity index (χ4v) is 3.65. The van der Waals surface area contributed by atoms with Crippen molar-refractivity contribution in [3.05, 3.63) is 69.8 Å². The van der Waals surface area contributed by atoms with Crippen LogP contribution < -0.4 is 4.90 Å². The number of ether oxygens (including phenoxy) is 1. The Bertz CT molecular complexity index is 889. The molecule has 0 spiro atoms. The van der Waals surface area contributed by atoms with Gasteiger partial charge >= 0.3 is 5.97 Å². The number of nitro benzene ring substituents is 1. The monoisotopic (exact) mass is 396 g/mol. The maximum absolute atomic E-state index is 12.5. The first-order valence-corrected chi connectivity index (χ1v) is 9.68. The van der Waals surface area contributed by atoms with E-state index in [1.54, 1.807) is 6.07 Å². The Morgan fingerprint density at radius 1 is 1.14 bits per heavy atom. The number of benzene rings is 2. The van der Waals surface area contributed by atoms with E-state index in [-0.39, 0.29) is 23.6 Å². The molecule has 0 aromatic heterocycles. The lowest BCUT2D eigenvalue weighted by Gasteiger charge is -2.34. The van der Waals surface area contributed by atoms with E-state index < -0.39 is 10.9 Å². The van der Waals surface area contributed by atoms with Gasteiger partial charge in [0.25, 0.3) is 5.69 Å². The second-order valence-corrected chi connectivity index (χ2v) is 7.36. The van der Waals surface area contributed by atoms with Gasteiger partial charge in [-0.05, 0) is 43.7 Å². The lowest BCUT2D eigenvalue weighted by molar-refractivity contribution is -0.384. The van der Waals surface area contributed by atoms with Crippen molar-refractivity contribution in [2.45, 2.75) is 26.2 Å². The topological polar surface area (TPSA) is 89.8 Å². The van der Waals surface area contributed by atoms with E-state index >= 15 is 0 Å². The van der Waals surface area contributed by atoms with Crippen LogP contribution in [0, 0.1) is 16.0 Å². The lowest BCUT2D eigenvalue weighted by Crippen LogP contribution is -2.35. The van der Waals surface area contributed by atoms with E-state index in [1.165, 1.54) is 24.6 Å². The summed E-state index contributed by atoms with van der Waals surface area (Å²) in [7, 11) is 0. The van der Waals surface area contributed by atoms with Gasteiger partial charge in [0.2, 0.25) is 0 Å². The van der Waals surface area contributed by atoms with E-state index in [4.69, 9.17) is 4.74 Å². The summed E-state index contributed by atoms with van der Waals surface area (Å²) in [5, 5.41) is 11.1. The van der Waals surface area contributed by atoms with Crippen LogP contribution >= 0.6 is 0 Å². The molecule has 0 saturated carbocycles. The number of hydrogen-bond acceptors (Lipinski definition) is 6. The van der Waals surface area contributed by atoms with Crippen LogP contribution in [0.15, 0.2) is 48.5 Å². The highest BCUT2D eigenvalue weighted by molar-refractivity contribution is 5.97. The summed E-state index contributed by atoms with van der Waals surface area (Å²) in [6.07, 6.45) is 2.95. The van der Waals surface area contributed by atoms with Crippen molar-refractivity contribution in [2.24, 2.45) is 5.92 Å². The molecule has 2 aromatic carbocycles. The zero-order valence-corrected chi connectivity index (χ0v) is 16.4. The predicted molar refractivity (Wildman–Crippen MR) is 109 cm³/mol. The molecule has 0 aliphatic carbocycles. The predicted octanol–water partition coefficient (Wildman–Crippen LogP) is 3.80. The number of esters is 1. The molecule has 0 atom stereocenters. The van der Waals surface area contributed by atoms with Gasteiger partial charge in [0.05, 0.1) is 16.2 Å². The molecule has 152 valence electrons. The smallest absolute Gasteiger partial charge is 0.340 e. The summed E-state index contributed by atoms with van der Waals surface area (Å²) in [5.41, 5.74) is 1.88. The fourth-order valence-electron chi connectivity index (χ4n) is 3.65. The Morgan fingerprint density at radius 3 is 2.45 bits per heavy atom. The van der Waals surface area contributed by atoms with Crippen LogP contribution in [-0.2, 0) is 16.0 Å². The first kappa shape index (κ1) is 20.5. The van der Waals surface area contributed by atoms with Gasteiger partial charge in [-0.2, -0.15) is 0 Å². The van der Waals surface area contributed by atoms with Crippen LogP contribution in [0.2, 0.25) is 0 Å². The molecule has 7 heteroatoms. The standard InChI is InChI=1S/C22H24N2O5/c1-16(25)15-29-22(26)20-14-19(24(27)28)7-8-21(20)23-11-9-18(10-12-23)13-17-5-3-2-4-6-17/h2-8,14,18H,9-13,15H2,1H3. The molecular weight excluding hydrogens is 372 g/mol. The number of nitro groups is 1. The molecule has 1 saturated heterocycles. The summed E-state index contributed by atoms with van der Waals surface area (Å²) in [6.45, 7) is 2.48. The van der Waals surface area contributed by atoms with Crippen molar-refractivity contribution >= 4 is 23.1 Å². The molecule has 0 bridgehead atoms. The number of hydrogen-bond donors (Lipinski definition) is 0. The Kier molecular flexibility index (Phi) is 6.59. The van der Waals surface area contributed by atoms with Gasteiger partial charge < -0.3 is 9.64 Å². The van der Waals surface area contributed by atoms with Gasteiger partial charge in [-0.1, -0.05) is 30.3 Å². The summed E-state index contributed by atoms with van der Waals surface area (Å²) < 4.78 is 5.02. The molecule has 1 fully saturated rings. The highest BCUT2D eigenvalue weighted by atomic mass is 16.6. The number of rotatable bonds is 7. The molecule has 0 N–H and O–H groups in total. The third-order valence-corrected chi connectivity index (χ3v) is 5.14. The zero-order chi connectivity index (χ0) is 20.8. The van der Waals surface area contributed by atoms with Crippen molar-refractivity contribution in [3.8, 4) is 0 Å². The molecule has 1 aliphatic heterocycles. The highest BCUT2D eigenvalue weighted by Gasteiger charge is 2.25. The average molecular weight is 396 g/mol. The molecule has 7 nitrogen and oxygen atoms in total. The van der Waals surface area contributed by atoms with Gasteiger partial charge in [0, 0.05) is 25.2 Å². The third kappa shape index (κ3) is 5.40. The van der Waals surface area contributed by atoms with Gasteiger partial charge in [0.15, 0.2) is 5.78 Å². The number of non-ortho nitro benzene ring substituents is 1. The second-order valence-electron chi connectivity index (χ2n) is 7.36. The minimum absolute atomic E-state index is 0.127. The SMILES string of the molecule is CC(=O)COC(=O)c1cc([N+](=O)[O-])ccc1N1CCC(Cc2ccccc2)CC1. The van der Waals surface area contributed by atoms with Gasteiger partial charge in [0.1, 0.15) is 6.61 Å². The van der Waals surface area contributed by atoms with Crippen molar-refractivity contribution in [3.63, 3.8) is 0 Å². The van der Waals surface area contributed by atoms with Crippen LogP contribution in [0.25, 0.3) is 0 Å². The summed E-state index contributed by atoms with van der Waals surface area (Å²) in [5.74, 6) is -0.447.